The Morgan fingerprint density at radius 3 is 2.69 bits per heavy atom. The van der Waals surface area contributed by atoms with Gasteiger partial charge in [0.2, 0.25) is 5.91 Å². The number of hydrogen-bond acceptors (Lipinski definition) is 3. The number of benzene rings is 2. The molecule has 0 N–H and O–H groups in total. The zero-order valence-electron chi connectivity index (χ0n) is 17.9. The third-order valence-electron chi connectivity index (χ3n) is 6.81. The van der Waals surface area contributed by atoms with Crippen LogP contribution < -0.4 is 0 Å². The summed E-state index contributed by atoms with van der Waals surface area (Å²) in [6, 6.07) is 16.1. The number of carbonyl (C=O) groups excluding carboxylic acids is 2. The van der Waals surface area contributed by atoms with Crippen LogP contribution in [-0.2, 0) is 11.3 Å². The maximum atomic E-state index is 14.4. The normalized spacial score (nSPS) is 21.3. The Kier molecular flexibility index (Phi) is 5.60. The summed E-state index contributed by atoms with van der Waals surface area (Å²) < 4.78 is 14.4. The van der Waals surface area contributed by atoms with Gasteiger partial charge in [0.1, 0.15) is 11.5 Å². The van der Waals surface area contributed by atoms with Crippen LogP contribution in [0, 0.1) is 5.82 Å². The summed E-state index contributed by atoms with van der Waals surface area (Å²) >= 11 is 0. The molecule has 0 saturated carbocycles. The fourth-order valence-electron chi connectivity index (χ4n) is 5.20. The van der Waals surface area contributed by atoms with Crippen molar-refractivity contribution in [3.63, 3.8) is 0 Å². The fraction of sp³-hybridized carbons (Fsp3) is 0.346. The number of rotatable bonds is 3. The van der Waals surface area contributed by atoms with Gasteiger partial charge in [0, 0.05) is 36.7 Å². The van der Waals surface area contributed by atoms with Crippen molar-refractivity contribution in [2.45, 2.75) is 50.7 Å². The second-order valence-corrected chi connectivity index (χ2v) is 8.66. The van der Waals surface area contributed by atoms with Crippen molar-refractivity contribution in [2.75, 3.05) is 6.54 Å². The van der Waals surface area contributed by atoms with Gasteiger partial charge in [-0.05, 0) is 36.8 Å². The number of fused-ring (bicyclic) bond motifs is 2. The van der Waals surface area contributed by atoms with E-state index in [0.29, 0.717) is 30.6 Å². The van der Waals surface area contributed by atoms with E-state index in [4.69, 9.17) is 0 Å². The molecule has 32 heavy (non-hydrogen) atoms. The summed E-state index contributed by atoms with van der Waals surface area (Å²) in [5, 5.41) is 1.82. The monoisotopic (exact) mass is 431 g/mol. The first-order valence-electron chi connectivity index (χ1n) is 11.3. The molecule has 0 unspecified atom stereocenters. The molecule has 2 saturated heterocycles. The summed E-state index contributed by atoms with van der Waals surface area (Å²) in [5.74, 6) is -0.349. The van der Waals surface area contributed by atoms with Crippen molar-refractivity contribution in [3.8, 4) is 0 Å². The maximum absolute atomic E-state index is 14.4. The highest BCUT2D eigenvalue weighted by Gasteiger charge is 2.43. The van der Waals surface area contributed by atoms with Crippen LogP contribution in [0.4, 0.5) is 4.39 Å². The number of pyridine rings is 1. The van der Waals surface area contributed by atoms with Gasteiger partial charge in [-0.2, -0.15) is 0 Å². The van der Waals surface area contributed by atoms with E-state index in [0.717, 1.165) is 30.0 Å². The van der Waals surface area contributed by atoms with Crippen LogP contribution in [0.15, 0.2) is 60.8 Å². The largest absolute Gasteiger partial charge is 0.333 e. The van der Waals surface area contributed by atoms with Crippen molar-refractivity contribution in [1.29, 1.82) is 0 Å². The second kappa shape index (κ2) is 8.69. The Bertz CT molecular complexity index is 1160. The molecule has 2 fully saturated rings. The summed E-state index contributed by atoms with van der Waals surface area (Å²) in [7, 11) is 0. The minimum Gasteiger partial charge on any atom is -0.333 e. The van der Waals surface area contributed by atoms with E-state index in [9.17, 15) is 14.0 Å². The van der Waals surface area contributed by atoms with E-state index in [1.54, 1.807) is 24.4 Å². The Balaban J connectivity index is 1.46. The van der Waals surface area contributed by atoms with Gasteiger partial charge < -0.3 is 9.80 Å². The third kappa shape index (κ3) is 3.74. The predicted molar refractivity (Wildman–Crippen MR) is 120 cm³/mol. The molecule has 2 aromatic carbocycles. The lowest BCUT2D eigenvalue weighted by atomic mass is 9.96. The second-order valence-electron chi connectivity index (χ2n) is 8.66. The summed E-state index contributed by atoms with van der Waals surface area (Å²) in [6.07, 6.45) is 5.35. The molecular formula is C26H26FN3O2. The van der Waals surface area contributed by atoms with Crippen LogP contribution >= 0.6 is 0 Å². The lowest BCUT2D eigenvalue weighted by molar-refractivity contribution is -0.135. The van der Waals surface area contributed by atoms with E-state index in [1.165, 1.54) is 6.07 Å². The molecule has 5 rings (SSSR count). The topological polar surface area (TPSA) is 53.5 Å². The van der Waals surface area contributed by atoms with Crippen molar-refractivity contribution in [1.82, 2.24) is 14.8 Å². The number of hydrogen-bond donors (Lipinski definition) is 0. The minimum atomic E-state index is -0.301. The number of nitrogens with zero attached hydrogens (tertiary/aromatic N) is 3. The van der Waals surface area contributed by atoms with Gasteiger partial charge in [-0.25, -0.2) is 4.39 Å². The van der Waals surface area contributed by atoms with Crippen LogP contribution in [0.25, 0.3) is 10.8 Å². The molecule has 0 spiro atoms. The zero-order valence-corrected chi connectivity index (χ0v) is 17.9. The molecule has 3 aromatic rings. The molecule has 0 bridgehead atoms. The van der Waals surface area contributed by atoms with Crippen molar-refractivity contribution < 1.29 is 14.0 Å². The first kappa shape index (κ1) is 20.6. The third-order valence-corrected chi connectivity index (χ3v) is 6.81. The van der Waals surface area contributed by atoms with Crippen LogP contribution in [0.1, 0.15) is 48.2 Å². The number of aromatic nitrogens is 1. The van der Waals surface area contributed by atoms with E-state index in [2.05, 4.69) is 4.98 Å². The van der Waals surface area contributed by atoms with Gasteiger partial charge in [0.15, 0.2) is 0 Å². The smallest absolute Gasteiger partial charge is 0.273 e. The highest BCUT2D eigenvalue weighted by atomic mass is 19.1. The molecule has 2 atom stereocenters. The lowest BCUT2D eigenvalue weighted by Gasteiger charge is -2.37. The average molecular weight is 432 g/mol. The first-order valence-corrected chi connectivity index (χ1v) is 11.3. The average Bonchev–Trinajstić information content (AvgIpc) is 3.22. The molecule has 2 amide bonds. The zero-order chi connectivity index (χ0) is 22.1. The van der Waals surface area contributed by atoms with Crippen LogP contribution in [0.2, 0.25) is 0 Å². The molecule has 0 aliphatic carbocycles. The summed E-state index contributed by atoms with van der Waals surface area (Å²) in [5.41, 5.74) is 0.971. The van der Waals surface area contributed by atoms with Crippen LogP contribution in [0.5, 0.6) is 0 Å². The van der Waals surface area contributed by atoms with E-state index >= 15 is 0 Å². The number of likely N-dealkylation sites (tertiary alicyclic amines) is 2. The predicted octanol–water partition coefficient (Wildman–Crippen LogP) is 4.56. The number of carbonyl (C=O) groups is 2. The summed E-state index contributed by atoms with van der Waals surface area (Å²) in [4.78, 5) is 34.8. The minimum absolute atomic E-state index is 0.0422. The van der Waals surface area contributed by atoms with Crippen molar-refractivity contribution >= 4 is 22.6 Å². The molecule has 6 heteroatoms. The summed E-state index contributed by atoms with van der Waals surface area (Å²) in [6.45, 7) is 0.807. The lowest BCUT2D eigenvalue weighted by Crippen LogP contribution is -2.50. The number of halogens is 1. The Hall–Kier alpha value is -3.28. The standard InChI is InChI=1S/C26H26FN3O2/c27-21-10-4-2-8-19(21)17-30-23-14-16-29(22(23)11-5-6-12-24(30)31)26(32)25-20-9-3-1-7-18(20)13-15-28-25/h1-4,7-10,13,15,22-23H,5-6,11-12,14,16-17H2/t22-,23+/m1/s1. The molecule has 2 aliphatic heterocycles. The molecule has 164 valence electrons. The molecular weight excluding hydrogens is 405 g/mol. The van der Waals surface area contributed by atoms with Gasteiger partial charge in [-0.1, -0.05) is 48.9 Å². The van der Waals surface area contributed by atoms with Crippen LogP contribution in [-0.4, -0.2) is 45.2 Å². The van der Waals surface area contributed by atoms with Gasteiger partial charge in [-0.15, -0.1) is 0 Å². The SMILES string of the molecule is O=C(c1nccc2ccccc12)N1CC[C@H]2[C@H]1CCCCC(=O)N2Cc1ccccc1F. The van der Waals surface area contributed by atoms with E-state index in [1.807, 2.05) is 40.1 Å². The quantitative estimate of drug-likeness (QED) is 0.611. The molecule has 3 heterocycles. The Morgan fingerprint density at radius 2 is 1.81 bits per heavy atom. The van der Waals surface area contributed by atoms with Gasteiger partial charge >= 0.3 is 0 Å². The Labute approximate surface area is 186 Å². The molecule has 0 radical (unpaired) electrons. The first-order chi connectivity index (χ1) is 15.6. The van der Waals surface area contributed by atoms with Gasteiger partial charge in [0.05, 0.1) is 12.1 Å². The van der Waals surface area contributed by atoms with E-state index < -0.39 is 0 Å². The maximum Gasteiger partial charge on any atom is 0.273 e. The van der Waals surface area contributed by atoms with E-state index in [-0.39, 0.29) is 36.3 Å². The highest BCUT2D eigenvalue weighted by Crippen LogP contribution is 2.33. The molecule has 2 aliphatic rings. The van der Waals surface area contributed by atoms with Crippen LogP contribution in [0.3, 0.4) is 0 Å². The van der Waals surface area contributed by atoms with Crippen molar-refractivity contribution in [2.24, 2.45) is 0 Å². The highest BCUT2D eigenvalue weighted by molar-refractivity contribution is 6.05. The van der Waals surface area contributed by atoms with Gasteiger partial charge in [0.25, 0.3) is 5.91 Å². The molecule has 1 aromatic heterocycles. The fourth-order valence-corrected chi connectivity index (χ4v) is 5.20. The van der Waals surface area contributed by atoms with Gasteiger partial charge in [-0.3, -0.25) is 14.6 Å². The molecule has 5 nitrogen and oxygen atoms in total. The Morgan fingerprint density at radius 1 is 1.00 bits per heavy atom. The van der Waals surface area contributed by atoms with Crippen molar-refractivity contribution in [3.05, 3.63) is 77.9 Å². The number of amides is 2.